The molecule has 9 heteroatoms. The van der Waals surface area contributed by atoms with Gasteiger partial charge in [0.15, 0.2) is 9.53 Å². The van der Waals surface area contributed by atoms with Crippen LogP contribution in [0, 0.1) is 3.77 Å². The lowest BCUT2D eigenvalue weighted by molar-refractivity contribution is -0.764. The van der Waals surface area contributed by atoms with E-state index in [2.05, 4.69) is 32.7 Å². The van der Waals surface area contributed by atoms with Gasteiger partial charge in [-0.15, -0.1) is 0 Å². The lowest BCUT2D eigenvalue weighted by atomic mass is 10.0. The first-order valence-corrected chi connectivity index (χ1v) is 10.1. The van der Waals surface area contributed by atoms with E-state index < -0.39 is 6.17 Å². The molecule has 1 aliphatic heterocycles. The number of fused-ring (bicyclic) bond motifs is 3. The number of aromatic amines is 1. The number of hydrogen-bond donors (Lipinski definition) is 1. The molecule has 1 aromatic carbocycles. The van der Waals surface area contributed by atoms with Gasteiger partial charge in [-0.3, -0.25) is 14.6 Å². The minimum atomic E-state index is -0.672. The van der Waals surface area contributed by atoms with Crippen molar-refractivity contribution in [3.8, 4) is 11.3 Å². The van der Waals surface area contributed by atoms with E-state index in [4.69, 9.17) is 4.42 Å². The highest BCUT2D eigenvalue weighted by Gasteiger charge is 2.46. The molecule has 0 radical (unpaired) electrons. The molecular formula is C17H14IN4O3S+. The molecule has 0 spiro atoms. The predicted molar refractivity (Wildman–Crippen MR) is 105 cm³/mol. The zero-order valence-corrected chi connectivity index (χ0v) is 16.9. The van der Waals surface area contributed by atoms with Gasteiger partial charge >= 0.3 is 17.4 Å². The SMILES string of the molecule is CSc1n[n+]2c(c(=O)[nH]1)-c1ccccc1N(C(C)=O)[C@H]2c1ccc(I)o1. The molecule has 26 heavy (non-hydrogen) atoms. The summed E-state index contributed by atoms with van der Waals surface area (Å²) in [5.41, 5.74) is 1.45. The van der Waals surface area contributed by atoms with Gasteiger partial charge in [-0.25, -0.2) is 4.90 Å². The van der Waals surface area contributed by atoms with E-state index in [-0.39, 0.29) is 11.5 Å². The lowest BCUT2D eigenvalue weighted by Gasteiger charge is -2.29. The third-order valence-electron chi connectivity index (χ3n) is 4.14. The Balaban J connectivity index is 2.10. The number of benzene rings is 1. The molecule has 0 fully saturated rings. The molecule has 1 amide bonds. The number of anilines is 1. The maximum absolute atomic E-state index is 12.8. The van der Waals surface area contributed by atoms with Crippen LogP contribution in [0.3, 0.4) is 0 Å². The summed E-state index contributed by atoms with van der Waals surface area (Å²) in [5, 5.41) is 5.02. The Bertz CT molecular complexity index is 1080. The summed E-state index contributed by atoms with van der Waals surface area (Å²) < 4.78 is 8.07. The van der Waals surface area contributed by atoms with Crippen molar-refractivity contribution < 1.29 is 13.9 Å². The minimum Gasteiger partial charge on any atom is -0.446 e. The minimum absolute atomic E-state index is 0.167. The highest BCUT2D eigenvalue weighted by Crippen LogP contribution is 2.37. The number of amides is 1. The number of nitrogens with zero attached hydrogens (tertiary/aromatic N) is 3. The van der Waals surface area contributed by atoms with E-state index in [9.17, 15) is 9.59 Å². The molecule has 0 bridgehead atoms. The molecule has 0 saturated carbocycles. The second kappa shape index (κ2) is 6.54. The number of rotatable bonds is 2. The Morgan fingerprint density at radius 1 is 1.35 bits per heavy atom. The second-order valence-corrected chi connectivity index (χ2v) is 7.54. The zero-order valence-electron chi connectivity index (χ0n) is 13.9. The Morgan fingerprint density at radius 2 is 2.12 bits per heavy atom. The lowest BCUT2D eigenvalue weighted by Crippen LogP contribution is -2.60. The number of H-pyrrole nitrogens is 1. The number of halogens is 1. The first-order valence-electron chi connectivity index (χ1n) is 7.76. The number of aromatic nitrogens is 3. The van der Waals surface area contributed by atoms with Crippen molar-refractivity contribution >= 4 is 45.9 Å². The van der Waals surface area contributed by atoms with Crippen molar-refractivity contribution in [2.75, 3.05) is 11.2 Å². The number of thioether (sulfide) groups is 1. The molecule has 0 aliphatic carbocycles. The highest BCUT2D eigenvalue weighted by atomic mass is 127. The highest BCUT2D eigenvalue weighted by molar-refractivity contribution is 14.1. The number of para-hydroxylation sites is 1. The molecule has 1 N–H and O–H groups in total. The summed E-state index contributed by atoms with van der Waals surface area (Å²) in [5.74, 6) is 0.371. The molecular weight excluding hydrogens is 467 g/mol. The summed E-state index contributed by atoms with van der Waals surface area (Å²) >= 11 is 3.40. The Labute approximate surface area is 166 Å². The standard InChI is InChI=1S/C17H13IN4O3S/c1-9(23)21-11-6-4-3-5-10(11)14-15(24)19-17(26-2)20-22(14)16(21)12-7-8-13(18)25-12/h3-8,16H,1-2H3/p+1/t16-/m1/s1. The van der Waals surface area contributed by atoms with Gasteiger partial charge in [-0.1, -0.05) is 23.9 Å². The van der Waals surface area contributed by atoms with Crippen LogP contribution in [0.2, 0.25) is 0 Å². The molecule has 1 aliphatic rings. The molecule has 0 saturated heterocycles. The van der Waals surface area contributed by atoms with Gasteiger partial charge in [0, 0.05) is 12.0 Å². The van der Waals surface area contributed by atoms with Crippen LogP contribution in [-0.4, -0.2) is 22.2 Å². The fraction of sp³-hybridized carbons (Fsp3) is 0.176. The Hall–Kier alpha value is -2.14. The van der Waals surface area contributed by atoms with Gasteiger partial charge in [0.25, 0.3) is 0 Å². The number of furan rings is 1. The summed E-state index contributed by atoms with van der Waals surface area (Å²) in [7, 11) is 0. The molecule has 7 nitrogen and oxygen atoms in total. The summed E-state index contributed by atoms with van der Waals surface area (Å²) in [6.07, 6.45) is 1.16. The third-order valence-corrected chi connectivity index (χ3v) is 5.29. The van der Waals surface area contributed by atoms with Crippen molar-refractivity contribution in [1.29, 1.82) is 0 Å². The molecule has 0 unspecified atom stereocenters. The fourth-order valence-electron chi connectivity index (χ4n) is 3.13. The van der Waals surface area contributed by atoms with Crippen LogP contribution >= 0.6 is 34.4 Å². The fourth-order valence-corrected chi connectivity index (χ4v) is 3.93. The van der Waals surface area contributed by atoms with Crippen LogP contribution in [0.4, 0.5) is 5.69 Å². The number of carbonyl (C=O) groups excluding carboxylic acids is 1. The first kappa shape index (κ1) is 17.3. The quantitative estimate of drug-likeness (QED) is 0.346. The first-order chi connectivity index (χ1) is 12.5. The zero-order chi connectivity index (χ0) is 18.4. The average Bonchev–Trinajstić information content (AvgIpc) is 3.05. The van der Waals surface area contributed by atoms with Crippen LogP contribution in [0.25, 0.3) is 11.3 Å². The van der Waals surface area contributed by atoms with Crippen LogP contribution in [-0.2, 0) is 4.79 Å². The van der Waals surface area contributed by atoms with Gasteiger partial charge in [0.05, 0.1) is 11.3 Å². The van der Waals surface area contributed by atoms with Crippen molar-refractivity contribution in [3.05, 3.63) is 56.3 Å². The van der Waals surface area contributed by atoms with Crippen LogP contribution in [0.1, 0.15) is 18.8 Å². The van der Waals surface area contributed by atoms with Crippen molar-refractivity contribution in [2.24, 2.45) is 0 Å². The maximum atomic E-state index is 12.8. The van der Waals surface area contributed by atoms with Crippen molar-refractivity contribution in [2.45, 2.75) is 18.2 Å². The Morgan fingerprint density at radius 3 is 2.77 bits per heavy atom. The van der Waals surface area contributed by atoms with E-state index in [1.165, 1.54) is 18.7 Å². The van der Waals surface area contributed by atoms with Gasteiger partial charge in [0.1, 0.15) is 0 Å². The number of carbonyl (C=O) groups is 1. The van der Waals surface area contributed by atoms with Crippen LogP contribution in [0.5, 0.6) is 0 Å². The molecule has 2 aromatic heterocycles. The van der Waals surface area contributed by atoms with Crippen molar-refractivity contribution in [3.63, 3.8) is 0 Å². The molecule has 3 heterocycles. The van der Waals surface area contributed by atoms with Gasteiger partial charge < -0.3 is 4.42 Å². The Kier molecular flexibility index (Phi) is 4.35. The van der Waals surface area contributed by atoms with E-state index >= 15 is 0 Å². The van der Waals surface area contributed by atoms with Gasteiger partial charge in [-0.2, -0.15) is 0 Å². The van der Waals surface area contributed by atoms with Crippen LogP contribution < -0.4 is 15.1 Å². The topological polar surface area (TPSA) is 83.1 Å². The molecule has 4 rings (SSSR count). The molecule has 132 valence electrons. The maximum Gasteiger partial charge on any atom is 0.325 e. The monoisotopic (exact) mass is 481 g/mol. The summed E-state index contributed by atoms with van der Waals surface area (Å²) in [6, 6.07) is 10.9. The van der Waals surface area contributed by atoms with E-state index in [1.54, 1.807) is 15.6 Å². The smallest absolute Gasteiger partial charge is 0.325 e. The van der Waals surface area contributed by atoms with E-state index in [1.807, 2.05) is 36.6 Å². The summed E-state index contributed by atoms with van der Waals surface area (Å²) in [6.45, 7) is 1.49. The van der Waals surface area contributed by atoms with E-state index in [0.29, 0.717) is 31.6 Å². The average molecular weight is 481 g/mol. The largest absolute Gasteiger partial charge is 0.446 e. The summed E-state index contributed by atoms with van der Waals surface area (Å²) in [4.78, 5) is 29.7. The molecule has 1 atom stereocenters. The van der Waals surface area contributed by atoms with E-state index in [0.717, 1.165) is 0 Å². The number of hydrogen-bond acceptors (Lipinski definition) is 5. The van der Waals surface area contributed by atoms with Crippen molar-refractivity contribution in [1.82, 2.24) is 10.1 Å². The van der Waals surface area contributed by atoms with Gasteiger partial charge in [0.2, 0.25) is 11.1 Å². The third kappa shape index (κ3) is 2.65. The van der Waals surface area contributed by atoms with Gasteiger partial charge in [-0.05, 0) is 57.8 Å². The molecule has 3 aromatic rings. The second-order valence-electron chi connectivity index (χ2n) is 5.68. The normalized spacial score (nSPS) is 15.5. The number of nitrogens with one attached hydrogen (secondary N) is 1. The predicted octanol–water partition coefficient (Wildman–Crippen LogP) is 2.56. The van der Waals surface area contributed by atoms with Crippen LogP contribution in [0.15, 0.2) is 50.8 Å².